The lowest BCUT2D eigenvalue weighted by Gasteiger charge is -2.17. The monoisotopic (exact) mass is 460 g/mol. The third kappa shape index (κ3) is 3.17. The van der Waals surface area contributed by atoms with Crippen molar-refractivity contribution in [3.63, 3.8) is 0 Å². The van der Waals surface area contributed by atoms with E-state index in [2.05, 4.69) is 103 Å². The molecule has 7 rings (SSSR count). The van der Waals surface area contributed by atoms with Gasteiger partial charge >= 0.3 is 0 Å². The van der Waals surface area contributed by atoms with E-state index < -0.39 is 0 Å². The Morgan fingerprint density at radius 2 is 0.972 bits per heavy atom. The predicted molar refractivity (Wildman–Crippen MR) is 150 cm³/mol. The highest BCUT2D eigenvalue weighted by atomic mass is 16.3. The molecule has 0 fully saturated rings. The van der Waals surface area contributed by atoms with Gasteiger partial charge in [0.15, 0.2) is 0 Å². The summed E-state index contributed by atoms with van der Waals surface area (Å²) in [5, 5.41) is 12.5. The molecule has 0 aliphatic heterocycles. The summed E-state index contributed by atoms with van der Waals surface area (Å²) in [6.07, 6.45) is 0.893. The van der Waals surface area contributed by atoms with Crippen molar-refractivity contribution < 1.29 is 5.11 Å². The zero-order valence-electron chi connectivity index (χ0n) is 19.8. The van der Waals surface area contributed by atoms with Gasteiger partial charge < -0.3 is 5.11 Å². The minimum absolute atomic E-state index is 0.316. The maximum atomic E-state index is 10.5. The minimum atomic E-state index is 0.316. The summed E-state index contributed by atoms with van der Waals surface area (Å²) >= 11 is 0. The SMILES string of the molecule is Oc1ccc(-c2ccc3c(c2-c2ccccc2)Cc2c(-c4ccccc4)cccc2-3)c2ccccc12. The Hall–Kier alpha value is -4.62. The first kappa shape index (κ1) is 20.7. The Labute approximate surface area is 210 Å². The molecule has 36 heavy (non-hydrogen) atoms. The van der Waals surface area contributed by atoms with Crippen LogP contribution in [0.5, 0.6) is 5.75 Å². The average molecular weight is 461 g/mol. The predicted octanol–water partition coefficient (Wildman–Crippen LogP) is 9.12. The van der Waals surface area contributed by atoms with Gasteiger partial charge in [0.1, 0.15) is 5.75 Å². The molecular formula is C35H24O. The molecule has 0 spiro atoms. The summed E-state index contributed by atoms with van der Waals surface area (Å²) in [4.78, 5) is 0. The quantitative estimate of drug-likeness (QED) is 0.279. The number of phenols is 1. The van der Waals surface area contributed by atoms with E-state index in [1.54, 1.807) is 0 Å². The highest BCUT2D eigenvalue weighted by molar-refractivity contribution is 6.05. The number of rotatable bonds is 3. The highest BCUT2D eigenvalue weighted by Crippen LogP contribution is 2.49. The van der Waals surface area contributed by atoms with Crippen LogP contribution in [0.1, 0.15) is 11.1 Å². The van der Waals surface area contributed by atoms with Gasteiger partial charge in [0.2, 0.25) is 0 Å². The molecule has 0 unspecified atom stereocenters. The van der Waals surface area contributed by atoms with Gasteiger partial charge in [-0.05, 0) is 73.5 Å². The van der Waals surface area contributed by atoms with Gasteiger partial charge in [0.25, 0.3) is 0 Å². The van der Waals surface area contributed by atoms with Gasteiger partial charge in [-0.25, -0.2) is 0 Å². The molecule has 0 radical (unpaired) electrons. The third-order valence-corrected chi connectivity index (χ3v) is 7.47. The van der Waals surface area contributed by atoms with E-state index >= 15 is 0 Å². The van der Waals surface area contributed by atoms with Gasteiger partial charge in [-0.2, -0.15) is 0 Å². The van der Waals surface area contributed by atoms with Crippen LogP contribution in [0.15, 0.2) is 127 Å². The number of phenolic OH excluding ortho intramolecular Hbond substituents is 1. The Morgan fingerprint density at radius 1 is 0.389 bits per heavy atom. The molecule has 1 aliphatic rings. The van der Waals surface area contributed by atoms with Gasteiger partial charge in [-0.15, -0.1) is 0 Å². The van der Waals surface area contributed by atoms with Crippen LogP contribution < -0.4 is 0 Å². The first-order valence-corrected chi connectivity index (χ1v) is 12.4. The Bertz CT molecular complexity index is 1750. The summed E-state index contributed by atoms with van der Waals surface area (Å²) in [5.74, 6) is 0.316. The van der Waals surface area contributed by atoms with Crippen molar-refractivity contribution in [2.75, 3.05) is 0 Å². The van der Waals surface area contributed by atoms with Crippen molar-refractivity contribution in [3.8, 4) is 50.3 Å². The van der Waals surface area contributed by atoms with Crippen LogP contribution in [0.3, 0.4) is 0 Å². The molecular weight excluding hydrogens is 436 g/mol. The maximum Gasteiger partial charge on any atom is 0.123 e. The van der Waals surface area contributed by atoms with Gasteiger partial charge in [0, 0.05) is 5.39 Å². The van der Waals surface area contributed by atoms with Crippen molar-refractivity contribution in [2.24, 2.45) is 0 Å². The normalized spacial score (nSPS) is 11.9. The summed E-state index contributed by atoms with van der Waals surface area (Å²) < 4.78 is 0. The van der Waals surface area contributed by atoms with Crippen molar-refractivity contribution in [1.29, 1.82) is 0 Å². The molecule has 1 nitrogen and oxygen atoms in total. The molecule has 0 bridgehead atoms. The Balaban J connectivity index is 1.51. The molecule has 6 aromatic rings. The van der Waals surface area contributed by atoms with E-state index in [0.29, 0.717) is 5.75 Å². The number of hydrogen-bond acceptors (Lipinski definition) is 1. The summed E-state index contributed by atoms with van der Waals surface area (Å²) in [7, 11) is 0. The third-order valence-electron chi connectivity index (χ3n) is 7.47. The van der Waals surface area contributed by atoms with Crippen LogP contribution in [0.4, 0.5) is 0 Å². The molecule has 0 amide bonds. The zero-order valence-corrected chi connectivity index (χ0v) is 19.8. The molecule has 0 saturated carbocycles. The highest BCUT2D eigenvalue weighted by Gasteiger charge is 2.27. The number of aromatic hydroxyl groups is 1. The van der Waals surface area contributed by atoms with Gasteiger partial charge in [0.05, 0.1) is 0 Å². The molecule has 0 atom stereocenters. The van der Waals surface area contributed by atoms with Crippen LogP contribution in [0, 0.1) is 0 Å². The van der Waals surface area contributed by atoms with Crippen LogP contribution >= 0.6 is 0 Å². The molecule has 0 saturated heterocycles. The van der Waals surface area contributed by atoms with Crippen molar-refractivity contribution in [3.05, 3.63) is 139 Å². The number of fused-ring (bicyclic) bond motifs is 4. The molecule has 0 aromatic heterocycles. The van der Waals surface area contributed by atoms with Crippen molar-refractivity contribution in [2.45, 2.75) is 6.42 Å². The van der Waals surface area contributed by atoms with Crippen molar-refractivity contribution in [1.82, 2.24) is 0 Å². The fraction of sp³-hybridized carbons (Fsp3) is 0.0286. The maximum absolute atomic E-state index is 10.5. The Kier molecular flexibility index (Phi) is 4.75. The zero-order chi connectivity index (χ0) is 24.1. The molecule has 1 N–H and O–H groups in total. The summed E-state index contributed by atoms with van der Waals surface area (Å²) in [6, 6.07) is 44.7. The first-order chi connectivity index (χ1) is 17.8. The smallest absolute Gasteiger partial charge is 0.123 e. The van der Waals surface area contributed by atoms with Crippen LogP contribution in [-0.2, 0) is 6.42 Å². The van der Waals surface area contributed by atoms with Gasteiger partial charge in [-0.1, -0.05) is 121 Å². The largest absolute Gasteiger partial charge is 0.507 e. The second-order valence-corrected chi connectivity index (χ2v) is 9.43. The molecule has 1 aliphatic carbocycles. The fourth-order valence-corrected chi connectivity index (χ4v) is 5.86. The van der Waals surface area contributed by atoms with Crippen LogP contribution in [0.2, 0.25) is 0 Å². The second kappa shape index (κ2) is 8.25. The first-order valence-electron chi connectivity index (χ1n) is 12.4. The molecule has 170 valence electrons. The lowest BCUT2D eigenvalue weighted by Crippen LogP contribution is -1.94. The van der Waals surface area contributed by atoms with E-state index in [1.165, 1.54) is 50.1 Å². The van der Waals surface area contributed by atoms with Gasteiger partial charge in [-0.3, -0.25) is 0 Å². The molecule has 0 heterocycles. The summed E-state index contributed by atoms with van der Waals surface area (Å²) in [5.41, 5.74) is 12.8. The van der Waals surface area contributed by atoms with Crippen LogP contribution in [-0.4, -0.2) is 5.11 Å². The van der Waals surface area contributed by atoms with E-state index in [0.717, 1.165) is 22.8 Å². The minimum Gasteiger partial charge on any atom is -0.507 e. The summed E-state index contributed by atoms with van der Waals surface area (Å²) in [6.45, 7) is 0. The van der Waals surface area contributed by atoms with E-state index in [4.69, 9.17) is 0 Å². The fourth-order valence-electron chi connectivity index (χ4n) is 5.86. The lowest BCUT2D eigenvalue weighted by atomic mass is 9.86. The van der Waals surface area contributed by atoms with E-state index in [-0.39, 0.29) is 0 Å². The number of benzene rings is 6. The van der Waals surface area contributed by atoms with Crippen LogP contribution in [0.25, 0.3) is 55.3 Å². The average Bonchev–Trinajstić information content (AvgIpc) is 3.33. The van der Waals surface area contributed by atoms with E-state index in [1.807, 2.05) is 24.3 Å². The topological polar surface area (TPSA) is 20.2 Å². The molecule has 6 aromatic carbocycles. The second-order valence-electron chi connectivity index (χ2n) is 9.43. The van der Waals surface area contributed by atoms with E-state index in [9.17, 15) is 5.11 Å². The number of hydrogen-bond donors (Lipinski definition) is 1. The van der Waals surface area contributed by atoms with Crippen molar-refractivity contribution >= 4 is 10.8 Å². The molecule has 1 heteroatoms. The lowest BCUT2D eigenvalue weighted by molar-refractivity contribution is 0.481. The standard InChI is InChI=1S/C35H24O/c36-34-21-20-28(26-14-7-8-15-30(26)34)31-19-18-29-27-17-9-16-25(23-10-3-1-4-11-23)32(27)22-33(29)35(31)24-12-5-2-6-13-24/h1-21,36H,22H2. The Morgan fingerprint density at radius 3 is 1.75 bits per heavy atom.